The average molecular weight is 241 g/mol. The summed E-state index contributed by atoms with van der Waals surface area (Å²) in [5.74, 6) is -1.21. The van der Waals surface area contributed by atoms with Gasteiger partial charge in [0.15, 0.2) is 5.69 Å². The first-order chi connectivity index (χ1) is 7.99. The maximum Gasteiger partial charge on any atom is 0.358 e. The monoisotopic (exact) mass is 241 g/mol. The third-order valence-electron chi connectivity index (χ3n) is 1.88. The van der Waals surface area contributed by atoms with Gasteiger partial charge in [0.05, 0.1) is 19.3 Å². The first kappa shape index (κ1) is 13.1. The summed E-state index contributed by atoms with van der Waals surface area (Å²) in [5, 5.41) is 18.4. The summed E-state index contributed by atoms with van der Waals surface area (Å²) in [7, 11) is 3.60. The second-order valence-electron chi connectivity index (χ2n) is 3.76. The lowest BCUT2D eigenvalue weighted by Crippen LogP contribution is -2.35. The van der Waals surface area contributed by atoms with E-state index in [0.29, 0.717) is 19.6 Å². The van der Waals surface area contributed by atoms with Gasteiger partial charge in [-0.05, 0) is 14.1 Å². The molecule has 1 heterocycles. The molecule has 0 saturated heterocycles. The summed E-state index contributed by atoms with van der Waals surface area (Å²) in [4.78, 5) is 23.5. The van der Waals surface area contributed by atoms with Gasteiger partial charge in [0.2, 0.25) is 5.91 Å². The molecule has 0 aliphatic carbocycles. The molecule has 1 aromatic rings. The quantitative estimate of drug-likeness (QED) is 0.639. The zero-order valence-corrected chi connectivity index (χ0v) is 9.75. The highest BCUT2D eigenvalue weighted by atomic mass is 16.4. The molecule has 2 N–H and O–H groups in total. The van der Waals surface area contributed by atoms with Crippen LogP contribution in [0.4, 0.5) is 0 Å². The Kier molecular flexibility index (Phi) is 4.58. The van der Waals surface area contributed by atoms with E-state index in [2.05, 4.69) is 15.6 Å². The van der Waals surface area contributed by atoms with Gasteiger partial charge in [-0.25, -0.2) is 9.48 Å². The van der Waals surface area contributed by atoms with Crippen LogP contribution in [0.25, 0.3) is 0 Å². The highest BCUT2D eigenvalue weighted by Gasteiger charge is 2.08. The van der Waals surface area contributed by atoms with Gasteiger partial charge in [0.25, 0.3) is 0 Å². The van der Waals surface area contributed by atoms with Crippen LogP contribution in [0.1, 0.15) is 10.5 Å². The first-order valence-electron chi connectivity index (χ1n) is 5.04. The molecule has 0 aliphatic rings. The van der Waals surface area contributed by atoms with Crippen LogP contribution < -0.4 is 5.32 Å². The zero-order chi connectivity index (χ0) is 12.8. The molecule has 0 spiro atoms. The highest BCUT2D eigenvalue weighted by Crippen LogP contribution is 1.91. The van der Waals surface area contributed by atoms with Crippen molar-refractivity contribution < 1.29 is 14.7 Å². The lowest BCUT2D eigenvalue weighted by Gasteiger charge is -2.09. The number of hydrogen-bond donors (Lipinski definition) is 2. The molecule has 1 amide bonds. The number of amides is 1. The lowest BCUT2D eigenvalue weighted by atomic mass is 10.5. The molecule has 1 rings (SSSR count). The van der Waals surface area contributed by atoms with Crippen LogP contribution in [0.5, 0.6) is 0 Å². The molecule has 17 heavy (non-hydrogen) atoms. The number of aromatic nitrogens is 3. The fraction of sp³-hybridized carbons (Fsp3) is 0.556. The number of hydrogen-bond acceptors (Lipinski definition) is 5. The molecule has 0 bridgehead atoms. The number of nitrogens with zero attached hydrogens (tertiary/aromatic N) is 4. The van der Waals surface area contributed by atoms with Gasteiger partial charge in [0.1, 0.15) is 0 Å². The second-order valence-corrected chi connectivity index (χ2v) is 3.76. The molecule has 0 fully saturated rings. The Balaban J connectivity index is 2.31. The van der Waals surface area contributed by atoms with Gasteiger partial charge in [-0.2, -0.15) is 0 Å². The van der Waals surface area contributed by atoms with Gasteiger partial charge >= 0.3 is 5.97 Å². The van der Waals surface area contributed by atoms with Crippen LogP contribution in [0, 0.1) is 0 Å². The summed E-state index contributed by atoms with van der Waals surface area (Å²) in [6.45, 7) is 1.09. The Morgan fingerprint density at radius 3 is 2.76 bits per heavy atom. The Bertz CT molecular complexity index is 401. The summed E-state index contributed by atoms with van der Waals surface area (Å²) in [6, 6.07) is 0. The van der Waals surface area contributed by atoms with Crippen molar-refractivity contribution >= 4 is 11.9 Å². The van der Waals surface area contributed by atoms with E-state index in [9.17, 15) is 9.59 Å². The molecule has 0 atom stereocenters. The molecule has 8 nitrogen and oxygen atoms in total. The van der Waals surface area contributed by atoms with E-state index in [-0.39, 0.29) is 11.6 Å². The number of carbonyl (C=O) groups is 2. The number of carboxylic acid groups (broad SMARTS) is 1. The van der Waals surface area contributed by atoms with Crippen molar-refractivity contribution in [2.45, 2.75) is 6.54 Å². The number of rotatable bonds is 6. The standard InChI is InChI=1S/C9H15N5O3/c1-13(2)6-8(15)10-3-4-14-5-7(9(16)17)11-12-14/h5H,3-4,6H2,1-2H3,(H,10,15)(H,16,17). The highest BCUT2D eigenvalue weighted by molar-refractivity contribution is 5.84. The summed E-state index contributed by atoms with van der Waals surface area (Å²) in [5.41, 5.74) is -0.107. The minimum absolute atomic E-state index is 0.0893. The van der Waals surface area contributed by atoms with E-state index in [4.69, 9.17) is 5.11 Å². The fourth-order valence-electron chi connectivity index (χ4n) is 1.16. The van der Waals surface area contributed by atoms with Crippen molar-refractivity contribution in [1.29, 1.82) is 0 Å². The predicted molar refractivity (Wildman–Crippen MR) is 58.5 cm³/mol. The summed E-state index contributed by atoms with van der Waals surface area (Å²) in [6.07, 6.45) is 1.32. The molecular formula is C9H15N5O3. The van der Waals surface area contributed by atoms with Crippen molar-refractivity contribution in [3.8, 4) is 0 Å². The third-order valence-corrected chi connectivity index (χ3v) is 1.88. The Hall–Kier alpha value is -1.96. The second kappa shape index (κ2) is 5.94. The molecule has 0 unspecified atom stereocenters. The van der Waals surface area contributed by atoms with Crippen LogP contribution in [-0.2, 0) is 11.3 Å². The number of aromatic carboxylic acids is 1. The first-order valence-corrected chi connectivity index (χ1v) is 5.04. The van der Waals surface area contributed by atoms with E-state index in [1.54, 1.807) is 19.0 Å². The van der Waals surface area contributed by atoms with Crippen LogP contribution in [0.3, 0.4) is 0 Å². The number of nitrogens with one attached hydrogen (secondary N) is 1. The fourth-order valence-corrected chi connectivity index (χ4v) is 1.16. The van der Waals surface area contributed by atoms with Crippen molar-refractivity contribution in [3.63, 3.8) is 0 Å². The smallest absolute Gasteiger partial charge is 0.358 e. The number of likely N-dealkylation sites (N-methyl/N-ethyl adjacent to an activating group) is 1. The normalized spacial score (nSPS) is 10.5. The van der Waals surface area contributed by atoms with Gasteiger partial charge in [-0.1, -0.05) is 5.21 Å². The van der Waals surface area contributed by atoms with Gasteiger partial charge < -0.3 is 15.3 Å². The predicted octanol–water partition coefficient (Wildman–Crippen LogP) is -1.35. The van der Waals surface area contributed by atoms with E-state index in [1.165, 1.54) is 10.9 Å². The Morgan fingerprint density at radius 2 is 2.24 bits per heavy atom. The van der Waals surface area contributed by atoms with Crippen molar-refractivity contribution in [2.75, 3.05) is 27.2 Å². The van der Waals surface area contributed by atoms with E-state index in [1.807, 2.05) is 0 Å². The molecular weight excluding hydrogens is 226 g/mol. The Morgan fingerprint density at radius 1 is 1.53 bits per heavy atom. The molecule has 0 aliphatic heterocycles. The van der Waals surface area contributed by atoms with Crippen molar-refractivity contribution in [2.24, 2.45) is 0 Å². The average Bonchev–Trinajstić information content (AvgIpc) is 2.65. The third kappa shape index (κ3) is 4.60. The van der Waals surface area contributed by atoms with Crippen LogP contribution in [0.2, 0.25) is 0 Å². The van der Waals surface area contributed by atoms with Crippen molar-refractivity contribution in [3.05, 3.63) is 11.9 Å². The molecule has 94 valence electrons. The number of carboxylic acids is 1. The SMILES string of the molecule is CN(C)CC(=O)NCCn1cc(C(=O)O)nn1. The topological polar surface area (TPSA) is 100 Å². The summed E-state index contributed by atoms with van der Waals surface area (Å²) >= 11 is 0. The maximum atomic E-state index is 11.3. The van der Waals surface area contributed by atoms with Crippen LogP contribution in [-0.4, -0.2) is 64.1 Å². The summed E-state index contributed by atoms with van der Waals surface area (Å²) < 4.78 is 1.37. The van der Waals surface area contributed by atoms with E-state index >= 15 is 0 Å². The van der Waals surface area contributed by atoms with Crippen LogP contribution in [0.15, 0.2) is 6.20 Å². The maximum absolute atomic E-state index is 11.3. The molecule has 0 saturated carbocycles. The van der Waals surface area contributed by atoms with Crippen LogP contribution >= 0.6 is 0 Å². The minimum Gasteiger partial charge on any atom is -0.476 e. The largest absolute Gasteiger partial charge is 0.476 e. The minimum atomic E-state index is -1.12. The molecule has 1 aromatic heterocycles. The van der Waals surface area contributed by atoms with Gasteiger partial charge in [-0.3, -0.25) is 4.79 Å². The van der Waals surface area contributed by atoms with Crippen molar-refractivity contribution in [1.82, 2.24) is 25.2 Å². The number of carbonyl (C=O) groups excluding carboxylic acids is 1. The van der Waals surface area contributed by atoms with Gasteiger partial charge in [0, 0.05) is 6.54 Å². The van der Waals surface area contributed by atoms with E-state index < -0.39 is 5.97 Å². The van der Waals surface area contributed by atoms with E-state index in [0.717, 1.165) is 0 Å². The molecule has 0 radical (unpaired) electrons. The van der Waals surface area contributed by atoms with Gasteiger partial charge in [-0.15, -0.1) is 5.10 Å². The zero-order valence-electron chi connectivity index (χ0n) is 9.75. The lowest BCUT2D eigenvalue weighted by molar-refractivity contribution is -0.121. The Labute approximate surface area is 98.2 Å². The molecule has 0 aromatic carbocycles. The molecule has 8 heteroatoms.